The van der Waals surface area contributed by atoms with E-state index in [4.69, 9.17) is 0 Å². The molecule has 0 bridgehead atoms. The van der Waals surface area contributed by atoms with Crippen LogP contribution in [0.2, 0.25) is 0 Å². The molecule has 0 amide bonds. The maximum absolute atomic E-state index is 4.03. The summed E-state index contributed by atoms with van der Waals surface area (Å²) in [6, 6.07) is 17.2. The van der Waals surface area contributed by atoms with Gasteiger partial charge in [-0.2, -0.15) is 0 Å². The Kier molecular flexibility index (Phi) is 2.95. The number of benzene rings is 2. The van der Waals surface area contributed by atoms with E-state index in [9.17, 15) is 0 Å². The van der Waals surface area contributed by atoms with Crippen LogP contribution >= 0.6 is 22.7 Å². The zero-order valence-corrected chi connectivity index (χ0v) is 13.4. The monoisotopic (exact) mass is 306 g/mol. The smallest absolute Gasteiger partial charge is 0.0530 e. The van der Waals surface area contributed by atoms with Crippen molar-refractivity contribution >= 4 is 48.9 Å². The average molecular weight is 306 g/mol. The summed E-state index contributed by atoms with van der Waals surface area (Å²) in [5, 5.41) is 2.68. The molecular formula is C19H14S2. The van der Waals surface area contributed by atoms with Crippen molar-refractivity contribution in [3.8, 4) is 9.75 Å². The van der Waals surface area contributed by atoms with E-state index in [1.807, 2.05) is 28.7 Å². The number of thiophene rings is 2. The minimum absolute atomic E-state index is 1.27. The molecule has 2 aromatic carbocycles. The molecule has 0 aliphatic carbocycles. The Bertz CT molecular complexity index is 970. The third kappa shape index (κ3) is 1.87. The number of fused-ring (bicyclic) bond motifs is 2. The van der Waals surface area contributed by atoms with Gasteiger partial charge in [-0.05, 0) is 30.0 Å². The first-order chi connectivity index (χ1) is 10.3. The zero-order valence-electron chi connectivity index (χ0n) is 11.7. The molecule has 2 aromatic heterocycles. The Morgan fingerprint density at radius 3 is 2.05 bits per heavy atom. The minimum Gasteiger partial charge on any atom is -0.134 e. The van der Waals surface area contributed by atoms with Gasteiger partial charge in [0.1, 0.15) is 0 Å². The molecule has 0 saturated heterocycles. The van der Waals surface area contributed by atoms with Gasteiger partial charge in [0.15, 0.2) is 0 Å². The Morgan fingerprint density at radius 2 is 1.38 bits per heavy atom. The number of hydrogen-bond donors (Lipinski definition) is 0. The van der Waals surface area contributed by atoms with Crippen molar-refractivity contribution in [3.63, 3.8) is 0 Å². The molecule has 0 fully saturated rings. The summed E-state index contributed by atoms with van der Waals surface area (Å²) in [5.41, 5.74) is 2.65. The maximum atomic E-state index is 4.03. The Morgan fingerprint density at radius 1 is 0.810 bits per heavy atom. The summed E-state index contributed by atoms with van der Waals surface area (Å²) >= 11 is 3.75. The van der Waals surface area contributed by atoms with Gasteiger partial charge in [0.2, 0.25) is 0 Å². The second-order valence-electron chi connectivity index (χ2n) is 5.10. The average Bonchev–Trinajstić information content (AvgIpc) is 3.05. The van der Waals surface area contributed by atoms with Crippen LogP contribution in [0.15, 0.2) is 55.1 Å². The quantitative estimate of drug-likeness (QED) is 0.385. The second kappa shape index (κ2) is 4.83. The predicted molar refractivity (Wildman–Crippen MR) is 97.5 cm³/mol. The number of aryl methyl sites for hydroxylation is 1. The van der Waals surface area contributed by atoms with E-state index in [2.05, 4.69) is 62.0 Å². The molecule has 0 atom stereocenters. The topological polar surface area (TPSA) is 0 Å². The molecule has 0 nitrogen and oxygen atoms in total. The van der Waals surface area contributed by atoms with Gasteiger partial charge in [0.25, 0.3) is 0 Å². The van der Waals surface area contributed by atoms with Crippen molar-refractivity contribution in [2.45, 2.75) is 6.92 Å². The first kappa shape index (κ1) is 12.8. The van der Waals surface area contributed by atoms with E-state index in [0.717, 1.165) is 0 Å². The molecule has 102 valence electrons. The highest BCUT2D eigenvalue weighted by Gasteiger charge is 2.16. The van der Waals surface area contributed by atoms with E-state index in [-0.39, 0.29) is 0 Å². The molecule has 0 aliphatic heterocycles. The van der Waals surface area contributed by atoms with Crippen LogP contribution in [0, 0.1) is 6.92 Å². The Hall–Kier alpha value is -1.90. The van der Waals surface area contributed by atoms with Crippen LogP contribution in [0.4, 0.5) is 0 Å². The highest BCUT2D eigenvalue weighted by Crippen LogP contribution is 2.45. The molecule has 2 heterocycles. The highest BCUT2D eigenvalue weighted by atomic mass is 32.1. The van der Waals surface area contributed by atoms with E-state index in [1.165, 1.54) is 41.1 Å². The van der Waals surface area contributed by atoms with Crippen molar-refractivity contribution in [1.82, 2.24) is 0 Å². The molecule has 21 heavy (non-hydrogen) atoms. The fourth-order valence-corrected chi connectivity index (χ4v) is 5.44. The number of rotatable bonds is 2. The normalized spacial score (nSPS) is 11.3. The van der Waals surface area contributed by atoms with Gasteiger partial charge in [0, 0.05) is 25.2 Å². The van der Waals surface area contributed by atoms with Crippen molar-refractivity contribution in [2.75, 3.05) is 0 Å². The van der Waals surface area contributed by atoms with Crippen LogP contribution in [0.25, 0.3) is 36.0 Å². The zero-order chi connectivity index (χ0) is 14.4. The summed E-state index contributed by atoms with van der Waals surface area (Å²) in [6.45, 7) is 6.26. The third-order valence-corrected chi connectivity index (χ3v) is 6.51. The van der Waals surface area contributed by atoms with Gasteiger partial charge in [-0.15, -0.1) is 22.7 Å². The van der Waals surface area contributed by atoms with Gasteiger partial charge >= 0.3 is 0 Å². The summed E-state index contributed by atoms with van der Waals surface area (Å²) < 4.78 is 2.69. The maximum Gasteiger partial charge on any atom is 0.0530 e. The van der Waals surface area contributed by atoms with E-state index in [1.54, 1.807) is 0 Å². The highest BCUT2D eigenvalue weighted by molar-refractivity contribution is 7.29. The van der Waals surface area contributed by atoms with Gasteiger partial charge in [-0.25, -0.2) is 0 Å². The van der Waals surface area contributed by atoms with Crippen molar-refractivity contribution in [2.24, 2.45) is 0 Å². The summed E-state index contributed by atoms with van der Waals surface area (Å²) in [5.74, 6) is 0. The van der Waals surface area contributed by atoms with Gasteiger partial charge < -0.3 is 0 Å². The lowest BCUT2D eigenvalue weighted by Gasteiger charge is -1.99. The molecule has 4 aromatic rings. The molecule has 0 spiro atoms. The van der Waals surface area contributed by atoms with Crippen LogP contribution in [0.1, 0.15) is 11.1 Å². The van der Waals surface area contributed by atoms with Gasteiger partial charge in [-0.1, -0.05) is 49.1 Å². The first-order valence-corrected chi connectivity index (χ1v) is 8.55. The van der Waals surface area contributed by atoms with Crippen molar-refractivity contribution in [1.29, 1.82) is 0 Å². The lowest BCUT2D eigenvalue weighted by molar-refractivity contribution is 1.59. The second-order valence-corrected chi connectivity index (χ2v) is 7.20. The van der Waals surface area contributed by atoms with Crippen molar-refractivity contribution < 1.29 is 0 Å². The molecule has 0 N–H and O–H groups in total. The summed E-state index contributed by atoms with van der Waals surface area (Å²) in [6.07, 6.45) is 2.00. The Balaban J connectivity index is 2.08. The fraction of sp³-hybridized carbons (Fsp3) is 0.0526. The van der Waals surface area contributed by atoms with Crippen LogP contribution in [0.3, 0.4) is 0 Å². The van der Waals surface area contributed by atoms with E-state index < -0.39 is 0 Å². The van der Waals surface area contributed by atoms with Crippen LogP contribution in [0.5, 0.6) is 0 Å². The van der Waals surface area contributed by atoms with Gasteiger partial charge in [-0.3, -0.25) is 0 Å². The molecule has 0 aliphatic rings. The predicted octanol–water partition coefficient (Wildman–Crippen LogP) is 6.73. The largest absolute Gasteiger partial charge is 0.134 e. The Labute approximate surface area is 132 Å². The summed E-state index contributed by atoms with van der Waals surface area (Å²) in [7, 11) is 0. The molecular weight excluding hydrogens is 292 g/mol. The molecule has 2 heteroatoms. The molecule has 4 rings (SSSR count). The lowest BCUT2D eigenvalue weighted by Crippen LogP contribution is -1.75. The first-order valence-electron chi connectivity index (χ1n) is 6.92. The summed E-state index contributed by atoms with van der Waals surface area (Å²) in [4.78, 5) is 2.73. The van der Waals surface area contributed by atoms with Crippen LogP contribution in [-0.4, -0.2) is 0 Å². The number of hydrogen-bond acceptors (Lipinski definition) is 2. The standard InChI is InChI=1S/C19H14S2/c1-3-13-15-9-5-7-11-17(15)21-19(13)18-12(2)14-8-4-6-10-16(14)20-18/h3-11H,1H2,2H3. The van der Waals surface area contributed by atoms with Crippen molar-refractivity contribution in [3.05, 3.63) is 66.2 Å². The van der Waals surface area contributed by atoms with Gasteiger partial charge in [0.05, 0.1) is 4.88 Å². The van der Waals surface area contributed by atoms with E-state index >= 15 is 0 Å². The van der Waals surface area contributed by atoms with Crippen LogP contribution in [-0.2, 0) is 0 Å². The SMILES string of the molecule is C=Cc1c(-c2sc3ccccc3c2C)sc2ccccc12. The van der Waals surface area contributed by atoms with E-state index in [0.29, 0.717) is 0 Å². The fourth-order valence-electron chi connectivity index (χ4n) is 2.83. The third-order valence-electron chi connectivity index (χ3n) is 3.89. The molecule has 0 unspecified atom stereocenters. The lowest BCUT2D eigenvalue weighted by atomic mass is 10.1. The molecule has 0 saturated carbocycles. The van der Waals surface area contributed by atoms with Crippen LogP contribution < -0.4 is 0 Å². The molecule has 0 radical (unpaired) electrons. The minimum atomic E-state index is 1.27.